The summed E-state index contributed by atoms with van der Waals surface area (Å²) in [5.74, 6) is -2.90. The third-order valence-corrected chi connectivity index (χ3v) is 4.06. The molecule has 3 rings (SSSR count). The van der Waals surface area contributed by atoms with Gasteiger partial charge in [0.15, 0.2) is 0 Å². The molecule has 1 atom stereocenters. The predicted octanol–water partition coefficient (Wildman–Crippen LogP) is 3.60. The first-order valence-electron chi connectivity index (χ1n) is 7.67. The number of anilines is 1. The normalized spacial score (nSPS) is 14.6. The summed E-state index contributed by atoms with van der Waals surface area (Å²) < 4.78 is 39.9. The number of carbonyl (C=O) groups is 2. The van der Waals surface area contributed by atoms with E-state index in [2.05, 4.69) is 10.6 Å². The van der Waals surface area contributed by atoms with Crippen LogP contribution in [-0.4, -0.2) is 18.0 Å². The van der Waals surface area contributed by atoms with Gasteiger partial charge in [0.2, 0.25) is 5.91 Å². The molecule has 1 aliphatic rings. The van der Waals surface area contributed by atoms with E-state index in [1.54, 1.807) is 18.2 Å². The van der Waals surface area contributed by atoms with Crippen molar-refractivity contribution in [3.63, 3.8) is 0 Å². The Bertz CT molecular complexity index is 804. The van der Waals surface area contributed by atoms with E-state index in [4.69, 9.17) is 0 Å². The number of fused-ring (bicyclic) bond motifs is 1. The summed E-state index contributed by atoms with van der Waals surface area (Å²) in [6.45, 7) is 0.409. The van der Waals surface area contributed by atoms with Gasteiger partial charge < -0.3 is 10.6 Å². The third kappa shape index (κ3) is 3.81. The van der Waals surface area contributed by atoms with E-state index in [1.807, 2.05) is 0 Å². The zero-order chi connectivity index (χ0) is 18.0. The molecule has 0 saturated heterocycles. The Hall–Kier alpha value is -2.83. The van der Waals surface area contributed by atoms with E-state index in [0.717, 1.165) is 5.56 Å². The number of alkyl halides is 3. The number of benzene rings is 2. The van der Waals surface area contributed by atoms with E-state index in [-0.39, 0.29) is 11.5 Å². The highest BCUT2D eigenvalue weighted by Crippen LogP contribution is 2.37. The van der Waals surface area contributed by atoms with Gasteiger partial charge in [-0.3, -0.25) is 9.59 Å². The Morgan fingerprint density at radius 1 is 1.16 bits per heavy atom. The molecule has 0 aliphatic carbocycles. The fourth-order valence-corrected chi connectivity index (χ4v) is 2.80. The van der Waals surface area contributed by atoms with Crippen LogP contribution in [0.3, 0.4) is 0 Å². The summed E-state index contributed by atoms with van der Waals surface area (Å²) in [7, 11) is 0. The van der Waals surface area contributed by atoms with E-state index in [0.29, 0.717) is 17.8 Å². The second kappa shape index (κ2) is 6.58. The molecule has 7 heteroatoms. The van der Waals surface area contributed by atoms with E-state index in [9.17, 15) is 22.8 Å². The van der Waals surface area contributed by atoms with Gasteiger partial charge >= 0.3 is 6.18 Å². The Balaban J connectivity index is 1.75. The highest BCUT2D eigenvalue weighted by Gasteiger charge is 2.41. The molecule has 0 aromatic heterocycles. The van der Waals surface area contributed by atoms with Crippen LogP contribution in [0.4, 0.5) is 18.9 Å². The number of carbonyl (C=O) groups excluding carboxylic acids is 2. The highest BCUT2D eigenvalue weighted by atomic mass is 19.4. The Morgan fingerprint density at radius 3 is 2.56 bits per heavy atom. The first-order valence-corrected chi connectivity index (χ1v) is 7.67. The molecule has 130 valence electrons. The Kier molecular flexibility index (Phi) is 4.48. The number of amides is 2. The molecule has 25 heavy (non-hydrogen) atoms. The van der Waals surface area contributed by atoms with Gasteiger partial charge in [0.05, 0.1) is 5.92 Å². The number of rotatable bonds is 4. The Morgan fingerprint density at radius 2 is 1.88 bits per heavy atom. The second-order valence-corrected chi connectivity index (χ2v) is 5.81. The van der Waals surface area contributed by atoms with Crippen LogP contribution in [0.15, 0.2) is 48.5 Å². The number of hydrogen-bond acceptors (Lipinski definition) is 2. The van der Waals surface area contributed by atoms with Gasteiger partial charge in [-0.2, -0.15) is 13.2 Å². The summed E-state index contributed by atoms with van der Waals surface area (Å²) in [6, 6.07) is 12.0. The lowest BCUT2D eigenvalue weighted by molar-refractivity contribution is -0.155. The molecule has 0 fully saturated rings. The van der Waals surface area contributed by atoms with Gasteiger partial charge in [-0.1, -0.05) is 36.4 Å². The number of nitrogens with one attached hydrogen (secondary N) is 2. The van der Waals surface area contributed by atoms with Gasteiger partial charge in [0.1, 0.15) is 0 Å². The lowest BCUT2D eigenvalue weighted by atomic mass is 9.94. The van der Waals surface area contributed by atoms with Gasteiger partial charge in [-0.25, -0.2) is 0 Å². The first kappa shape index (κ1) is 17.0. The summed E-state index contributed by atoms with van der Waals surface area (Å²) in [4.78, 5) is 23.7. The second-order valence-electron chi connectivity index (χ2n) is 5.81. The van der Waals surface area contributed by atoms with Gasteiger partial charge in [-0.15, -0.1) is 0 Å². The summed E-state index contributed by atoms with van der Waals surface area (Å²) >= 11 is 0. The van der Waals surface area contributed by atoms with Crippen molar-refractivity contribution in [1.29, 1.82) is 0 Å². The van der Waals surface area contributed by atoms with Crippen molar-refractivity contribution in [2.24, 2.45) is 0 Å². The molecule has 2 aromatic rings. The van der Waals surface area contributed by atoms with Crippen LogP contribution in [0.2, 0.25) is 0 Å². The van der Waals surface area contributed by atoms with Crippen LogP contribution in [0, 0.1) is 0 Å². The van der Waals surface area contributed by atoms with Crippen LogP contribution < -0.4 is 10.6 Å². The number of hydrogen-bond donors (Lipinski definition) is 2. The minimum Gasteiger partial charge on any atom is -0.348 e. The molecule has 0 bridgehead atoms. The summed E-state index contributed by atoms with van der Waals surface area (Å²) in [6.07, 6.45) is -5.26. The Labute approximate surface area is 142 Å². The standard InChI is InChI=1S/C18H15F3N2O2/c19-18(20,21)15(11-4-2-1-3-5-11)9-16(24)23-13-7-6-12-10-22-17(25)14(12)8-13/h1-8,15H,9-10H2,(H,22,25)(H,23,24)/t15-/m0/s1. The lowest BCUT2D eigenvalue weighted by Gasteiger charge is -2.20. The predicted molar refractivity (Wildman–Crippen MR) is 86.1 cm³/mol. The molecule has 0 spiro atoms. The van der Waals surface area contributed by atoms with Crippen molar-refractivity contribution in [3.8, 4) is 0 Å². The average molecular weight is 348 g/mol. The van der Waals surface area contributed by atoms with Gasteiger partial charge in [0, 0.05) is 24.2 Å². The first-order chi connectivity index (χ1) is 11.8. The molecule has 1 heterocycles. The summed E-state index contributed by atoms with van der Waals surface area (Å²) in [5.41, 5.74) is 1.56. The molecule has 4 nitrogen and oxygen atoms in total. The highest BCUT2D eigenvalue weighted by molar-refractivity contribution is 6.00. The van der Waals surface area contributed by atoms with Crippen LogP contribution in [-0.2, 0) is 11.3 Å². The van der Waals surface area contributed by atoms with Crippen LogP contribution in [0.25, 0.3) is 0 Å². The number of halogens is 3. The fraction of sp³-hybridized carbons (Fsp3) is 0.222. The monoisotopic (exact) mass is 348 g/mol. The molecule has 0 radical (unpaired) electrons. The van der Waals surface area contributed by atoms with Gasteiger partial charge in [0.25, 0.3) is 5.91 Å². The van der Waals surface area contributed by atoms with Gasteiger partial charge in [-0.05, 0) is 23.3 Å². The molecular weight excluding hydrogens is 333 g/mol. The largest absolute Gasteiger partial charge is 0.396 e. The molecule has 2 amide bonds. The topological polar surface area (TPSA) is 58.2 Å². The summed E-state index contributed by atoms with van der Waals surface area (Å²) in [5, 5.41) is 5.08. The molecular formula is C18H15F3N2O2. The molecule has 0 unspecified atom stereocenters. The van der Waals surface area contributed by atoms with Crippen molar-refractivity contribution in [3.05, 3.63) is 65.2 Å². The average Bonchev–Trinajstić information content (AvgIpc) is 2.93. The minimum atomic E-state index is -4.53. The van der Waals surface area contributed by atoms with E-state index in [1.165, 1.54) is 30.3 Å². The lowest BCUT2D eigenvalue weighted by Crippen LogP contribution is -2.26. The maximum Gasteiger partial charge on any atom is 0.396 e. The SMILES string of the molecule is O=C(C[C@@H](c1ccccc1)C(F)(F)F)Nc1ccc2c(c1)C(=O)NC2. The van der Waals surface area contributed by atoms with E-state index >= 15 is 0 Å². The molecule has 1 aliphatic heterocycles. The van der Waals surface area contributed by atoms with Crippen molar-refractivity contribution < 1.29 is 22.8 Å². The zero-order valence-electron chi connectivity index (χ0n) is 13.1. The van der Waals surface area contributed by atoms with Crippen molar-refractivity contribution in [2.45, 2.75) is 25.1 Å². The smallest absolute Gasteiger partial charge is 0.348 e. The van der Waals surface area contributed by atoms with Crippen molar-refractivity contribution in [2.75, 3.05) is 5.32 Å². The van der Waals surface area contributed by atoms with Crippen LogP contribution in [0.1, 0.15) is 33.8 Å². The van der Waals surface area contributed by atoms with Crippen molar-refractivity contribution >= 4 is 17.5 Å². The quantitative estimate of drug-likeness (QED) is 0.887. The van der Waals surface area contributed by atoms with E-state index < -0.39 is 24.4 Å². The minimum absolute atomic E-state index is 0.0403. The molecule has 0 saturated carbocycles. The molecule has 2 N–H and O–H groups in total. The fourth-order valence-electron chi connectivity index (χ4n) is 2.80. The maximum absolute atomic E-state index is 13.3. The molecule has 2 aromatic carbocycles. The maximum atomic E-state index is 13.3. The van der Waals surface area contributed by atoms with Crippen LogP contribution >= 0.6 is 0 Å². The van der Waals surface area contributed by atoms with Crippen molar-refractivity contribution in [1.82, 2.24) is 5.32 Å². The zero-order valence-corrected chi connectivity index (χ0v) is 13.1. The third-order valence-electron chi connectivity index (χ3n) is 4.06. The van der Waals surface area contributed by atoms with Crippen LogP contribution in [0.5, 0.6) is 0 Å².